The smallest absolute Gasteiger partial charge is 0.411 e. The molecular formula is C25H34N4O5. The Morgan fingerprint density at radius 3 is 1.41 bits per heavy atom. The van der Waals surface area contributed by atoms with E-state index in [4.69, 9.17) is 9.47 Å². The number of benzene rings is 2. The molecule has 0 saturated heterocycles. The minimum atomic E-state index is -0.551. The van der Waals surface area contributed by atoms with Crippen LogP contribution in [0.25, 0.3) is 0 Å². The van der Waals surface area contributed by atoms with Crippen LogP contribution in [0.1, 0.15) is 38.8 Å². The van der Waals surface area contributed by atoms with Crippen LogP contribution >= 0.6 is 0 Å². The van der Waals surface area contributed by atoms with E-state index in [1.807, 2.05) is 41.5 Å². The zero-order chi connectivity index (χ0) is 25.3. The summed E-state index contributed by atoms with van der Waals surface area (Å²) in [5.41, 5.74) is 3.70. The fraction of sp³-hybridized carbons (Fsp3) is 0.400. The largest absolute Gasteiger partial charge is 0.449 e. The number of hydrogen-bond donors (Lipinski definition) is 4. The number of aryl methyl sites for hydroxylation is 2. The molecule has 0 atom stereocenters. The van der Waals surface area contributed by atoms with Gasteiger partial charge in [-0.15, -0.1) is 0 Å². The van der Waals surface area contributed by atoms with Crippen LogP contribution < -0.4 is 21.3 Å². The second kappa shape index (κ2) is 12.5. The van der Waals surface area contributed by atoms with E-state index in [9.17, 15) is 14.4 Å². The number of hydrogen-bond acceptors (Lipinski definition) is 5. The standard InChI is InChI=1S/C25H34N4O5/c1-15(2)13-33-24(31)28-21-11-19(9-7-17(21)5)26-23(30)27-20-10-8-18(6)22(12-20)29-25(32)34-14-16(3)4/h7-12,15-16H,13-14H2,1-6H3,(H,28,31)(H,29,32)(H2,26,27,30). The van der Waals surface area contributed by atoms with E-state index in [0.29, 0.717) is 36.0 Å². The molecule has 0 aromatic heterocycles. The van der Waals surface area contributed by atoms with Gasteiger partial charge in [0.15, 0.2) is 0 Å². The lowest BCUT2D eigenvalue weighted by Gasteiger charge is -2.14. The van der Waals surface area contributed by atoms with Gasteiger partial charge in [-0.3, -0.25) is 10.6 Å². The summed E-state index contributed by atoms with van der Waals surface area (Å²) in [4.78, 5) is 36.5. The van der Waals surface area contributed by atoms with E-state index in [1.54, 1.807) is 36.4 Å². The SMILES string of the molecule is Cc1ccc(NC(=O)Nc2ccc(C)c(NC(=O)OCC(C)C)c2)cc1NC(=O)OCC(C)C. The summed E-state index contributed by atoms with van der Waals surface area (Å²) in [7, 11) is 0. The summed E-state index contributed by atoms with van der Waals surface area (Å²) < 4.78 is 10.3. The van der Waals surface area contributed by atoms with Crippen LogP contribution in [-0.2, 0) is 9.47 Å². The van der Waals surface area contributed by atoms with Crippen molar-refractivity contribution in [2.75, 3.05) is 34.5 Å². The molecule has 4 amide bonds. The van der Waals surface area contributed by atoms with Gasteiger partial charge in [0.05, 0.1) is 13.2 Å². The third kappa shape index (κ3) is 9.01. The Hall–Kier alpha value is -3.75. The van der Waals surface area contributed by atoms with Crippen molar-refractivity contribution < 1.29 is 23.9 Å². The monoisotopic (exact) mass is 470 g/mol. The van der Waals surface area contributed by atoms with Crippen molar-refractivity contribution in [1.82, 2.24) is 0 Å². The summed E-state index contributed by atoms with van der Waals surface area (Å²) in [6.07, 6.45) is -1.10. The summed E-state index contributed by atoms with van der Waals surface area (Å²) in [5.74, 6) is 0.457. The second-order valence-corrected chi connectivity index (χ2v) is 8.87. The van der Waals surface area contributed by atoms with Crippen molar-refractivity contribution in [2.45, 2.75) is 41.5 Å². The van der Waals surface area contributed by atoms with Crippen molar-refractivity contribution in [3.63, 3.8) is 0 Å². The lowest BCUT2D eigenvalue weighted by Crippen LogP contribution is -2.21. The van der Waals surface area contributed by atoms with Gasteiger partial charge in [0.25, 0.3) is 0 Å². The quantitative estimate of drug-likeness (QED) is 0.358. The van der Waals surface area contributed by atoms with Gasteiger partial charge < -0.3 is 20.1 Å². The summed E-state index contributed by atoms with van der Waals surface area (Å²) in [5, 5.41) is 10.9. The number of urea groups is 1. The number of carbonyl (C=O) groups is 3. The highest BCUT2D eigenvalue weighted by atomic mass is 16.6. The first-order valence-electron chi connectivity index (χ1n) is 11.2. The molecule has 34 heavy (non-hydrogen) atoms. The van der Waals surface area contributed by atoms with Crippen LogP contribution in [0.3, 0.4) is 0 Å². The topological polar surface area (TPSA) is 118 Å². The summed E-state index contributed by atoms with van der Waals surface area (Å²) >= 11 is 0. The van der Waals surface area contributed by atoms with Crippen molar-refractivity contribution in [3.8, 4) is 0 Å². The van der Waals surface area contributed by atoms with Gasteiger partial charge in [0, 0.05) is 22.7 Å². The average Bonchev–Trinajstić information content (AvgIpc) is 2.75. The van der Waals surface area contributed by atoms with E-state index in [1.165, 1.54) is 0 Å². The maximum absolute atomic E-state index is 12.5. The fourth-order valence-electron chi connectivity index (χ4n) is 2.74. The first-order valence-corrected chi connectivity index (χ1v) is 11.2. The van der Waals surface area contributed by atoms with E-state index in [-0.39, 0.29) is 11.8 Å². The third-order valence-electron chi connectivity index (χ3n) is 4.56. The third-order valence-corrected chi connectivity index (χ3v) is 4.56. The Morgan fingerprint density at radius 2 is 1.06 bits per heavy atom. The van der Waals surface area contributed by atoms with Crippen LogP contribution in [0.15, 0.2) is 36.4 Å². The molecular weight excluding hydrogens is 436 g/mol. The maximum Gasteiger partial charge on any atom is 0.411 e. The molecule has 2 aromatic carbocycles. The number of ether oxygens (including phenoxy) is 2. The van der Waals surface area contributed by atoms with Gasteiger partial charge >= 0.3 is 18.2 Å². The zero-order valence-electron chi connectivity index (χ0n) is 20.6. The molecule has 2 rings (SSSR count). The van der Waals surface area contributed by atoms with E-state index in [2.05, 4.69) is 21.3 Å². The average molecular weight is 471 g/mol. The van der Waals surface area contributed by atoms with Crippen LogP contribution in [0.2, 0.25) is 0 Å². The Bertz CT molecular complexity index is 941. The first-order chi connectivity index (χ1) is 16.0. The number of carbonyl (C=O) groups excluding carboxylic acids is 3. The van der Waals surface area contributed by atoms with Gasteiger partial charge in [0.2, 0.25) is 0 Å². The number of amides is 4. The molecule has 0 radical (unpaired) electrons. The Kier molecular flexibility index (Phi) is 9.73. The molecule has 9 heteroatoms. The molecule has 0 unspecified atom stereocenters. The Labute approximate surface area is 200 Å². The molecule has 0 heterocycles. The van der Waals surface area contributed by atoms with Crippen molar-refractivity contribution in [2.24, 2.45) is 11.8 Å². The van der Waals surface area contributed by atoms with Crippen LogP contribution in [0, 0.1) is 25.7 Å². The zero-order valence-corrected chi connectivity index (χ0v) is 20.6. The normalized spacial score (nSPS) is 10.6. The summed E-state index contributed by atoms with van der Waals surface area (Å²) in [6.45, 7) is 12.1. The summed E-state index contributed by atoms with van der Waals surface area (Å²) in [6, 6.07) is 9.85. The highest BCUT2D eigenvalue weighted by Gasteiger charge is 2.11. The van der Waals surface area contributed by atoms with Gasteiger partial charge in [-0.05, 0) is 61.1 Å². The molecule has 0 bridgehead atoms. The molecule has 0 aliphatic heterocycles. The maximum atomic E-state index is 12.5. The van der Waals surface area contributed by atoms with Gasteiger partial charge in [-0.25, -0.2) is 14.4 Å². The van der Waals surface area contributed by atoms with Crippen molar-refractivity contribution >= 4 is 41.0 Å². The van der Waals surface area contributed by atoms with Crippen molar-refractivity contribution in [1.29, 1.82) is 0 Å². The minimum Gasteiger partial charge on any atom is -0.449 e. The fourth-order valence-corrected chi connectivity index (χ4v) is 2.74. The van der Waals surface area contributed by atoms with Gasteiger partial charge in [-0.1, -0.05) is 39.8 Å². The molecule has 0 aliphatic rings. The van der Waals surface area contributed by atoms with Crippen LogP contribution in [-0.4, -0.2) is 31.4 Å². The second-order valence-electron chi connectivity index (χ2n) is 8.87. The van der Waals surface area contributed by atoms with E-state index < -0.39 is 18.2 Å². The highest BCUT2D eigenvalue weighted by Crippen LogP contribution is 2.23. The van der Waals surface area contributed by atoms with E-state index in [0.717, 1.165) is 11.1 Å². The van der Waals surface area contributed by atoms with Gasteiger partial charge in [-0.2, -0.15) is 0 Å². The Morgan fingerprint density at radius 1 is 0.676 bits per heavy atom. The first kappa shape index (κ1) is 26.5. The Balaban J connectivity index is 2.00. The van der Waals surface area contributed by atoms with Crippen LogP contribution in [0.5, 0.6) is 0 Å². The molecule has 0 aliphatic carbocycles. The predicted molar refractivity (Wildman–Crippen MR) is 135 cm³/mol. The highest BCUT2D eigenvalue weighted by molar-refractivity contribution is 6.01. The molecule has 0 fully saturated rings. The van der Waals surface area contributed by atoms with Crippen molar-refractivity contribution in [3.05, 3.63) is 47.5 Å². The molecule has 9 nitrogen and oxygen atoms in total. The molecule has 2 aromatic rings. The number of nitrogens with one attached hydrogen (secondary N) is 4. The number of anilines is 4. The van der Waals surface area contributed by atoms with E-state index >= 15 is 0 Å². The number of rotatable bonds is 8. The predicted octanol–water partition coefficient (Wildman–Crippen LogP) is 6.36. The lowest BCUT2D eigenvalue weighted by molar-refractivity contribution is 0.147. The molecule has 184 valence electrons. The van der Waals surface area contributed by atoms with Crippen LogP contribution in [0.4, 0.5) is 37.1 Å². The minimum absolute atomic E-state index is 0.228. The molecule has 4 N–H and O–H groups in total. The van der Waals surface area contributed by atoms with Gasteiger partial charge in [0.1, 0.15) is 0 Å². The molecule has 0 spiro atoms. The lowest BCUT2D eigenvalue weighted by atomic mass is 10.1. The molecule has 0 saturated carbocycles.